The summed E-state index contributed by atoms with van der Waals surface area (Å²) in [5.74, 6) is 0.741. The summed E-state index contributed by atoms with van der Waals surface area (Å²) in [7, 11) is 0. The topological polar surface area (TPSA) is 56.1 Å². The van der Waals surface area contributed by atoms with Gasteiger partial charge in [0, 0.05) is 21.8 Å². The SMILES string of the molecule is CCc1ccc(OCc2cccc(C(=O)Nc3nn(Cc4ccc(Cl)cc4Cl)cc3Cl)c2)cc1. The second-order valence-electron chi connectivity index (χ2n) is 7.70. The van der Waals surface area contributed by atoms with E-state index in [9.17, 15) is 4.79 Å². The van der Waals surface area contributed by atoms with Gasteiger partial charge in [0.1, 0.15) is 17.4 Å². The molecule has 0 atom stereocenters. The van der Waals surface area contributed by atoms with Crippen molar-refractivity contribution in [2.75, 3.05) is 5.32 Å². The third kappa shape index (κ3) is 6.11. The van der Waals surface area contributed by atoms with E-state index in [0.29, 0.717) is 33.8 Å². The molecule has 0 fully saturated rings. The average Bonchev–Trinajstić information content (AvgIpc) is 3.18. The highest BCUT2D eigenvalue weighted by Gasteiger charge is 2.14. The van der Waals surface area contributed by atoms with Gasteiger partial charge in [-0.1, -0.05) is 72.1 Å². The van der Waals surface area contributed by atoms with Crippen LogP contribution >= 0.6 is 34.8 Å². The number of aryl methyl sites for hydroxylation is 1. The number of aromatic nitrogens is 2. The highest BCUT2D eigenvalue weighted by molar-refractivity contribution is 6.35. The van der Waals surface area contributed by atoms with Crippen LogP contribution in [0.1, 0.15) is 34.0 Å². The predicted molar refractivity (Wildman–Crippen MR) is 137 cm³/mol. The fourth-order valence-electron chi connectivity index (χ4n) is 3.36. The maximum Gasteiger partial charge on any atom is 0.256 e. The van der Waals surface area contributed by atoms with Gasteiger partial charge in [-0.05, 0) is 59.5 Å². The third-order valence-electron chi connectivity index (χ3n) is 5.22. The molecule has 0 bridgehead atoms. The van der Waals surface area contributed by atoms with Gasteiger partial charge in [-0.25, -0.2) is 0 Å². The van der Waals surface area contributed by atoms with Crippen LogP contribution in [0.5, 0.6) is 5.75 Å². The van der Waals surface area contributed by atoms with E-state index < -0.39 is 0 Å². The van der Waals surface area contributed by atoms with E-state index in [-0.39, 0.29) is 11.7 Å². The number of carbonyl (C=O) groups is 1. The summed E-state index contributed by atoms with van der Waals surface area (Å²) in [4.78, 5) is 12.8. The monoisotopic (exact) mass is 513 g/mol. The third-order valence-corrected chi connectivity index (χ3v) is 6.09. The Morgan fingerprint density at radius 3 is 2.50 bits per heavy atom. The molecule has 0 spiro atoms. The summed E-state index contributed by atoms with van der Waals surface area (Å²) in [6.45, 7) is 2.85. The number of halogens is 3. The Bertz CT molecular complexity index is 1300. The number of carbonyl (C=O) groups excluding carboxylic acids is 1. The molecule has 3 aromatic carbocycles. The Balaban J connectivity index is 1.40. The fraction of sp³-hybridized carbons (Fsp3) is 0.154. The molecule has 8 heteroatoms. The van der Waals surface area contributed by atoms with Gasteiger partial charge in [-0.2, -0.15) is 5.10 Å². The van der Waals surface area contributed by atoms with Crippen LogP contribution in [-0.2, 0) is 19.6 Å². The molecule has 1 N–H and O–H groups in total. The lowest BCUT2D eigenvalue weighted by Crippen LogP contribution is -2.13. The van der Waals surface area contributed by atoms with E-state index in [2.05, 4.69) is 17.3 Å². The van der Waals surface area contributed by atoms with Crippen molar-refractivity contribution in [2.24, 2.45) is 0 Å². The van der Waals surface area contributed by atoms with Crippen LogP contribution in [0.25, 0.3) is 0 Å². The molecule has 0 aliphatic heterocycles. The molecule has 1 amide bonds. The molecule has 0 saturated heterocycles. The molecule has 1 aromatic heterocycles. The summed E-state index contributed by atoms with van der Waals surface area (Å²) in [6.07, 6.45) is 2.62. The first-order chi connectivity index (χ1) is 16.4. The standard InChI is InChI=1S/C26H22Cl3N3O2/c1-2-17-6-10-22(11-7-17)34-16-18-4-3-5-19(12-18)26(33)30-25-24(29)15-32(31-25)14-20-8-9-21(27)13-23(20)28/h3-13,15H,2,14,16H2,1H3,(H,30,31,33). The van der Waals surface area contributed by atoms with Crippen molar-refractivity contribution in [3.63, 3.8) is 0 Å². The zero-order chi connectivity index (χ0) is 24.1. The molecule has 1 heterocycles. The molecule has 0 aliphatic carbocycles. The number of nitrogens with one attached hydrogen (secondary N) is 1. The molecular weight excluding hydrogens is 493 g/mol. The minimum atomic E-state index is -0.314. The van der Waals surface area contributed by atoms with Crippen LogP contribution in [0.3, 0.4) is 0 Å². The number of nitrogens with zero attached hydrogens (tertiary/aromatic N) is 2. The Labute approximate surface area is 213 Å². The molecule has 0 radical (unpaired) electrons. The molecule has 0 aliphatic rings. The van der Waals surface area contributed by atoms with Crippen molar-refractivity contribution in [2.45, 2.75) is 26.5 Å². The van der Waals surface area contributed by atoms with Crippen LogP contribution in [-0.4, -0.2) is 15.7 Å². The number of rotatable bonds is 8. The quantitative estimate of drug-likeness (QED) is 0.269. The van der Waals surface area contributed by atoms with Crippen molar-refractivity contribution in [1.29, 1.82) is 0 Å². The summed E-state index contributed by atoms with van der Waals surface area (Å²) >= 11 is 18.5. The van der Waals surface area contributed by atoms with Crippen molar-refractivity contribution in [3.05, 3.63) is 110 Å². The molecule has 0 saturated carbocycles. The van der Waals surface area contributed by atoms with Gasteiger partial charge in [0.25, 0.3) is 5.91 Å². The maximum atomic E-state index is 12.8. The molecule has 4 rings (SSSR count). The molecule has 4 aromatic rings. The van der Waals surface area contributed by atoms with Crippen LogP contribution in [0.15, 0.2) is 72.9 Å². The second-order valence-corrected chi connectivity index (χ2v) is 8.95. The largest absolute Gasteiger partial charge is 0.489 e. The first kappa shape index (κ1) is 24.1. The van der Waals surface area contributed by atoms with Gasteiger partial charge in [-0.15, -0.1) is 0 Å². The smallest absolute Gasteiger partial charge is 0.256 e. The molecular formula is C26H22Cl3N3O2. The first-order valence-electron chi connectivity index (χ1n) is 10.7. The molecule has 0 unspecified atom stereocenters. The Hall–Kier alpha value is -2.99. The average molecular weight is 515 g/mol. The van der Waals surface area contributed by atoms with E-state index >= 15 is 0 Å². The number of benzene rings is 3. The number of amides is 1. The van der Waals surface area contributed by atoms with Crippen LogP contribution in [0, 0.1) is 0 Å². The Morgan fingerprint density at radius 2 is 1.76 bits per heavy atom. The van der Waals surface area contributed by atoms with E-state index in [0.717, 1.165) is 23.3 Å². The van der Waals surface area contributed by atoms with Gasteiger partial charge in [0.05, 0.1) is 6.54 Å². The van der Waals surface area contributed by atoms with Crippen LogP contribution < -0.4 is 10.1 Å². The van der Waals surface area contributed by atoms with E-state index in [1.165, 1.54) is 5.56 Å². The molecule has 5 nitrogen and oxygen atoms in total. The number of hydrogen-bond donors (Lipinski definition) is 1. The van der Waals surface area contributed by atoms with E-state index in [4.69, 9.17) is 39.5 Å². The zero-order valence-corrected chi connectivity index (χ0v) is 20.7. The molecule has 34 heavy (non-hydrogen) atoms. The Morgan fingerprint density at radius 1 is 0.971 bits per heavy atom. The van der Waals surface area contributed by atoms with Gasteiger partial charge in [0.2, 0.25) is 0 Å². The van der Waals surface area contributed by atoms with Gasteiger partial charge in [-0.3, -0.25) is 9.48 Å². The minimum Gasteiger partial charge on any atom is -0.489 e. The second kappa shape index (κ2) is 11.0. The van der Waals surface area contributed by atoms with Crippen LogP contribution in [0.2, 0.25) is 15.1 Å². The summed E-state index contributed by atoms with van der Waals surface area (Å²) in [5, 5.41) is 8.57. The van der Waals surface area contributed by atoms with E-state index in [1.807, 2.05) is 42.5 Å². The summed E-state index contributed by atoms with van der Waals surface area (Å²) < 4.78 is 7.47. The fourth-order valence-corrected chi connectivity index (χ4v) is 4.02. The number of ether oxygens (including phenoxy) is 1. The zero-order valence-electron chi connectivity index (χ0n) is 18.4. The minimum absolute atomic E-state index is 0.273. The lowest BCUT2D eigenvalue weighted by Gasteiger charge is -2.09. The maximum absolute atomic E-state index is 12.8. The highest BCUT2D eigenvalue weighted by Crippen LogP contribution is 2.25. The lowest BCUT2D eigenvalue weighted by atomic mass is 10.1. The first-order valence-corrected chi connectivity index (χ1v) is 11.8. The van der Waals surface area contributed by atoms with Crippen molar-refractivity contribution in [3.8, 4) is 5.75 Å². The number of anilines is 1. The van der Waals surface area contributed by atoms with Crippen molar-refractivity contribution in [1.82, 2.24) is 9.78 Å². The van der Waals surface area contributed by atoms with Crippen molar-refractivity contribution < 1.29 is 9.53 Å². The molecule has 174 valence electrons. The van der Waals surface area contributed by atoms with Crippen LogP contribution in [0.4, 0.5) is 5.82 Å². The normalized spacial score (nSPS) is 10.8. The summed E-state index contributed by atoms with van der Waals surface area (Å²) in [5.41, 5.74) is 3.44. The summed E-state index contributed by atoms with van der Waals surface area (Å²) in [6, 6.07) is 20.5. The van der Waals surface area contributed by atoms with Gasteiger partial charge in [0.15, 0.2) is 5.82 Å². The Kier molecular flexibility index (Phi) is 7.78. The van der Waals surface area contributed by atoms with E-state index in [1.54, 1.807) is 35.1 Å². The van der Waals surface area contributed by atoms with Gasteiger partial charge >= 0.3 is 0 Å². The number of hydrogen-bond acceptors (Lipinski definition) is 3. The van der Waals surface area contributed by atoms with Gasteiger partial charge < -0.3 is 10.1 Å². The highest BCUT2D eigenvalue weighted by atomic mass is 35.5. The predicted octanol–water partition coefficient (Wildman–Crippen LogP) is 7.29. The lowest BCUT2D eigenvalue weighted by molar-refractivity contribution is 0.102. The van der Waals surface area contributed by atoms with Crippen molar-refractivity contribution >= 4 is 46.5 Å².